The lowest BCUT2D eigenvalue weighted by Crippen LogP contribution is -2.34. The number of rotatable bonds is 6. The predicted octanol–water partition coefficient (Wildman–Crippen LogP) is 5.27. The van der Waals surface area contributed by atoms with E-state index < -0.39 is 0 Å². The van der Waals surface area contributed by atoms with Crippen LogP contribution in [0.4, 0.5) is 0 Å². The summed E-state index contributed by atoms with van der Waals surface area (Å²) in [7, 11) is 0. The summed E-state index contributed by atoms with van der Waals surface area (Å²) in [5, 5.41) is 6.64. The molecule has 0 radical (unpaired) electrons. The lowest BCUT2D eigenvalue weighted by atomic mass is 9.89. The first kappa shape index (κ1) is 19.8. The molecule has 0 bridgehead atoms. The number of hydrogen-bond acceptors (Lipinski definition) is 2. The molecular formula is C22H28Cl2N4. The minimum Gasteiger partial charge on any atom is -0.361 e. The molecule has 1 aromatic carbocycles. The van der Waals surface area contributed by atoms with Crippen LogP contribution in [0.25, 0.3) is 10.9 Å². The van der Waals surface area contributed by atoms with Crippen molar-refractivity contribution in [2.24, 2.45) is 5.92 Å². The van der Waals surface area contributed by atoms with Crippen LogP contribution in [0.3, 0.4) is 0 Å². The Morgan fingerprint density at radius 1 is 1.14 bits per heavy atom. The maximum atomic E-state index is 6.21. The Labute approximate surface area is 177 Å². The fourth-order valence-corrected chi connectivity index (χ4v) is 4.58. The number of benzene rings is 1. The first-order chi connectivity index (χ1) is 13.2. The van der Waals surface area contributed by atoms with Crippen molar-refractivity contribution in [1.82, 2.24) is 19.7 Å². The second kappa shape index (κ2) is 8.48. The molecule has 2 fully saturated rings. The molecule has 28 heavy (non-hydrogen) atoms. The van der Waals surface area contributed by atoms with Gasteiger partial charge in [-0.25, -0.2) is 0 Å². The Morgan fingerprint density at radius 2 is 1.96 bits per heavy atom. The van der Waals surface area contributed by atoms with E-state index in [9.17, 15) is 0 Å². The van der Waals surface area contributed by atoms with Gasteiger partial charge in [0.25, 0.3) is 0 Å². The third-order valence-electron chi connectivity index (χ3n) is 6.25. The summed E-state index contributed by atoms with van der Waals surface area (Å²) in [5.41, 5.74) is 4.01. The summed E-state index contributed by atoms with van der Waals surface area (Å²) in [6.07, 6.45) is 12.8. The molecule has 0 unspecified atom stereocenters. The minimum atomic E-state index is 0. The van der Waals surface area contributed by atoms with Crippen molar-refractivity contribution < 1.29 is 0 Å². The molecule has 1 saturated heterocycles. The lowest BCUT2D eigenvalue weighted by molar-refractivity contribution is 0.215. The maximum absolute atomic E-state index is 6.21. The number of H-pyrrole nitrogens is 1. The van der Waals surface area contributed by atoms with Gasteiger partial charge in [-0.2, -0.15) is 5.10 Å². The van der Waals surface area contributed by atoms with E-state index in [1.807, 2.05) is 6.07 Å². The summed E-state index contributed by atoms with van der Waals surface area (Å²) in [5.74, 6) is 1.52. The van der Waals surface area contributed by atoms with Crippen LogP contribution in [0, 0.1) is 5.92 Å². The Hall–Kier alpha value is -1.49. The van der Waals surface area contributed by atoms with E-state index in [0.717, 1.165) is 30.5 Å². The van der Waals surface area contributed by atoms with Crippen molar-refractivity contribution >= 4 is 34.9 Å². The van der Waals surface area contributed by atoms with E-state index >= 15 is 0 Å². The molecule has 5 rings (SSSR count). The van der Waals surface area contributed by atoms with Crippen LogP contribution in [-0.2, 0) is 13.0 Å². The van der Waals surface area contributed by atoms with Gasteiger partial charge in [0.2, 0.25) is 0 Å². The molecule has 0 atom stereocenters. The number of aromatic amines is 1. The quantitative estimate of drug-likeness (QED) is 0.591. The van der Waals surface area contributed by atoms with Gasteiger partial charge in [0.1, 0.15) is 0 Å². The highest BCUT2D eigenvalue weighted by atomic mass is 35.5. The highest BCUT2D eigenvalue weighted by Crippen LogP contribution is 2.34. The average molecular weight is 419 g/mol. The number of nitrogens with one attached hydrogen (secondary N) is 1. The molecule has 3 heterocycles. The van der Waals surface area contributed by atoms with Crippen LogP contribution in [0.15, 0.2) is 36.8 Å². The number of aromatic nitrogens is 3. The SMILES string of the molecule is Cl.Clc1ccc2[nH]cc(C3CCN(CCc4cnn(CC5CC5)c4)CC3)c2c1. The number of halogens is 2. The van der Waals surface area contributed by atoms with Crippen molar-refractivity contribution in [3.8, 4) is 0 Å². The number of piperidine rings is 1. The topological polar surface area (TPSA) is 36.9 Å². The summed E-state index contributed by atoms with van der Waals surface area (Å²) in [6, 6.07) is 6.15. The van der Waals surface area contributed by atoms with Gasteiger partial charge in [0.05, 0.1) is 6.20 Å². The highest BCUT2D eigenvalue weighted by Gasteiger charge is 2.23. The van der Waals surface area contributed by atoms with Crippen molar-refractivity contribution in [3.63, 3.8) is 0 Å². The smallest absolute Gasteiger partial charge is 0.0522 e. The normalized spacial score (nSPS) is 18.5. The van der Waals surface area contributed by atoms with Crippen LogP contribution in [-0.4, -0.2) is 39.3 Å². The summed E-state index contributed by atoms with van der Waals surface area (Å²) in [4.78, 5) is 6.02. The molecule has 1 saturated carbocycles. The van der Waals surface area contributed by atoms with Crippen molar-refractivity contribution in [2.45, 2.75) is 44.6 Å². The second-order valence-electron chi connectivity index (χ2n) is 8.31. The third-order valence-corrected chi connectivity index (χ3v) is 6.48. The Kier molecular flexibility index (Phi) is 6.00. The predicted molar refractivity (Wildman–Crippen MR) is 118 cm³/mol. The number of hydrogen-bond donors (Lipinski definition) is 1. The Balaban J connectivity index is 0.00000192. The molecule has 0 amide bonds. The molecule has 1 N–H and O–H groups in total. The van der Waals surface area contributed by atoms with Crippen molar-refractivity contribution in [3.05, 3.63) is 52.9 Å². The van der Waals surface area contributed by atoms with E-state index in [4.69, 9.17) is 11.6 Å². The average Bonchev–Trinajstić information content (AvgIpc) is 3.22. The van der Waals surface area contributed by atoms with Gasteiger partial charge in [0.15, 0.2) is 0 Å². The van der Waals surface area contributed by atoms with Gasteiger partial charge in [-0.05, 0) is 86.4 Å². The van der Waals surface area contributed by atoms with Gasteiger partial charge >= 0.3 is 0 Å². The van der Waals surface area contributed by atoms with Gasteiger partial charge in [-0.3, -0.25) is 4.68 Å². The first-order valence-electron chi connectivity index (χ1n) is 10.2. The summed E-state index contributed by atoms with van der Waals surface area (Å²) in [6.45, 7) is 4.60. The largest absolute Gasteiger partial charge is 0.361 e. The van der Waals surface area contributed by atoms with Gasteiger partial charge in [-0.15, -0.1) is 12.4 Å². The van der Waals surface area contributed by atoms with Gasteiger partial charge < -0.3 is 9.88 Å². The first-order valence-corrected chi connectivity index (χ1v) is 10.6. The van der Waals surface area contributed by atoms with E-state index in [2.05, 4.69) is 50.4 Å². The molecule has 2 aromatic heterocycles. The molecule has 2 aliphatic rings. The van der Waals surface area contributed by atoms with E-state index in [0.29, 0.717) is 5.92 Å². The Morgan fingerprint density at radius 3 is 2.75 bits per heavy atom. The molecule has 4 nitrogen and oxygen atoms in total. The van der Waals surface area contributed by atoms with E-state index in [1.165, 1.54) is 60.8 Å². The fraction of sp³-hybridized carbons (Fsp3) is 0.500. The Bertz CT molecular complexity index is 920. The maximum Gasteiger partial charge on any atom is 0.0522 e. The van der Waals surface area contributed by atoms with Gasteiger partial charge in [0, 0.05) is 41.4 Å². The standard InChI is InChI=1S/C22H27ClN4.ClH/c23-19-3-4-22-20(11-19)21(13-24-22)18-6-9-26(10-7-18)8-5-17-12-25-27(15-17)14-16-1-2-16;/h3-4,11-13,15-16,18,24H,1-2,5-10,14H2;1H. The fourth-order valence-electron chi connectivity index (χ4n) is 4.41. The van der Waals surface area contributed by atoms with Crippen LogP contribution in [0.1, 0.15) is 42.7 Å². The van der Waals surface area contributed by atoms with Crippen LogP contribution < -0.4 is 0 Å². The number of nitrogens with zero attached hydrogens (tertiary/aromatic N) is 3. The highest BCUT2D eigenvalue weighted by molar-refractivity contribution is 6.31. The zero-order chi connectivity index (χ0) is 18.2. The molecule has 1 aliphatic carbocycles. The zero-order valence-electron chi connectivity index (χ0n) is 16.1. The summed E-state index contributed by atoms with van der Waals surface area (Å²) >= 11 is 6.21. The van der Waals surface area contributed by atoms with E-state index in [1.54, 1.807) is 0 Å². The second-order valence-corrected chi connectivity index (χ2v) is 8.75. The molecular weight excluding hydrogens is 391 g/mol. The number of likely N-dealkylation sites (tertiary alicyclic amines) is 1. The number of fused-ring (bicyclic) bond motifs is 1. The van der Waals surface area contributed by atoms with Crippen molar-refractivity contribution in [2.75, 3.05) is 19.6 Å². The monoisotopic (exact) mass is 418 g/mol. The third kappa shape index (κ3) is 4.40. The lowest BCUT2D eigenvalue weighted by Gasteiger charge is -2.31. The van der Waals surface area contributed by atoms with Crippen molar-refractivity contribution in [1.29, 1.82) is 0 Å². The molecule has 1 aliphatic heterocycles. The van der Waals surface area contributed by atoms with Crippen LogP contribution in [0.2, 0.25) is 5.02 Å². The molecule has 0 spiro atoms. The van der Waals surface area contributed by atoms with Crippen LogP contribution in [0.5, 0.6) is 0 Å². The molecule has 3 aromatic rings. The minimum absolute atomic E-state index is 0. The van der Waals surface area contributed by atoms with Gasteiger partial charge in [-0.1, -0.05) is 11.6 Å². The molecule has 150 valence electrons. The summed E-state index contributed by atoms with van der Waals surface area (Å²) < 4.78 is 2.14. The van der Waals surface area contributed by atoms with E-state index in [-0.39, 0.29) is 12.4 Å². The molecule has 6 heteroatoms. The zero-order valence-corrected chi connectivity index (χ0v) is 17.7. The van der Waals surface area contributed by atoms with Crippen LogP contribution >= 0.6 is 24.0 Å².